The summed E-state index contributed by atoms with van der Waals surface area (Å²) in [5, 5.41) is 4.15. The first-order chi connectivity index (χ1) is 12.8. The fourth-order valence-corrected chi connectivity index (χ4v) is 3.79. The van der Waals surface area contributed by atoms with Crippen LogP contribution in [-0.2, 0) is 11.2 Å². The molecule has 1 aliphatic heterocycles. The molecule has 140 valence electrons. The molecular formula is C18H13Br2ClFN3O2. The normalized spacial score (nSPS) is 14.2. The van der Waals surface area contributed by atoms with Crippen LogP contribution in [0.25, 0.3) is 0 Å². The molecule has 2 aromatic rings. The molecule has 1 amide bonds. The lowest BCUT2D eigenvalue weighted by molar-refractivity contribution is -0.114. The predicted octanol–water partition coefficient (Wildman–Crippen LogP) is 5.29. The first kappa shape index (κ1) is 20.0. The maximum absolute atomic E-state index is 15.0. The van der Waals surface area contributed by atoms with Crippen LogP contribution in [-0.4, -0.2) is 23.9 Å². The van der Waals surface area contributed by atoms with Gasteiger partial charge in [0.2, 0.25) is 0 Å². The number of halogens is 4. The molecule has 27 heavy (non-hydrogen) atoms. The second-order valence-corrected chi connectivity index (χ2v) is 7.99. The highest BCUT2D eigenvalue weighted by Gasteiger charge is 2.18. The minimum Gasteiger partial charge on any atom is -0.453 e. The van der Waals surface area contributed by atoms with Gasteiger partial charge in [-0.1, -0.05) is 49.5 Å². The first-order valence-corrected chi connectivity index (χ1v) is 9.77. The zero-order valence-electron chi connectivity index (χ0n) is 14.0. The Morgan fingerprint density at radius 3 is 2.67 bits per heavy atom. The molecule has 2 aromatic carbocycles. The van der Waals surface area contributed by atoms with E-state index in [1.807, 2.05) is 6.07 Å². The van der Waals surface area contributed by atoms with Crippen molar-refractivity contribution in [2.75, 3.05) is 6.54 Å². The number of ether oxygens (including phenoxy) is 1. The Balaban J connectivity index is 1.88. The van der Waals surface area contributed by atoms with Crippen LogP contribution in [0.2, 0.25) is 5.02 Å². The van der Waals surface area contributed by atoms with Crippen LogP contribution in [0.3, 0.4) is 0 Å². The van der Waals surface area contributed by atoms with Gasteiger partial charge in [0.25, 0.3) is 5.91 Å². The minimum absolute atomic E-state index is 0.0721. The number of hydrazone groups is 1. The van der Waals surface area contributed by atoms with Crippen molar-refractivity contribution in [2.45, 2.75) is 13.3 Å². The summed E-state index contributed by atoms with van der Waals surface area (Å²) in [6.07, 6.45) is 0.165. The third-order valence-electron chi connectivity index (χ3n) is 3.72. The average molecular weight is 518 g/mol. The number of rotatable bonds is 4. The van der Waals surface area contributed by atoms with Gasteiger partial charge in [-0.2, -0.15) is 5.10 Å². The van der Waals surface area contributed by atoms with Crippen LogP contribution < -0.4 is 10.2 Å². The van der Waals surface area contributed by atoms with E-state index in [4.69, 9.17) is 16.3 Å². The Morgan fingerprint density at radius 2 is 1.96 bits per heavy atom. The van der Waals surface area contributed by atoms with Crippen LogP contribution in [0.15, 0.2) is 49.4 Å². The maximum Gasteiger partial charge on any atom is 0.284 e. The summed E-state index contributed by atoms with van der Waals surface area (Å²) in [5.41, 5.74) is 3.58. The van der Waals surface area contributed by atoms with Gasteiger partial charge in [0.15, 0.2) is 11.6 Å². The largest absolute Gasteiger partial charge is 0.453 e. The number of hydrogen-bond donors (Lipinski definition) is 1. The number of benzene rings is 2. The van der Waals surface area contributed by atoms with E-state index in [0.717, 1.165) is 8.95 Å². The van der Waals surface area contributed by atoms with Crippen molar-refractivity contribution >= 4 is 60.8 Å². The van der Waals surface area contributed by atoms with Gasteiger partial charge in [0, 0.05) is 15.4 Å². The van der Waals surface area contributed by atoms with Crippen molar-refractivity contribution in [1.29, 1.82) is 0 Å². The van der Waals surface area contributed by atoms with E-state index in [0.29, 0.717) is 22.7 Å². The molecule has 1 aliphatic rings. The fourth-order valence-electron chi connectivity index (χ4n) is 2.35. The molecule has 0 radical (unpaired) electrons. The molecule has 3 rings (SSSR count). The smallest absolute Gasteiger partial charge is 0.284 e. The maximum atomic E-state index is 15.0. The van der Waals surface area contributed by atoms with Gasteiger partial charge < -0.3 is 4.74 Å². The van der Waals surface area contributed by atoms with Crippen molar-refractivity contribution < 1.29 is 13.9 Å². The van der Waals surface area contributed by atoms with E-state index in [2.05, 4.69) is 47.4 Å². The summed E-state index contributed by atoms with van der Waals surface area (Å²) < 4.78 is 22.3. The average Bonchev–Trinajstić information content (AvgIpc) is 2.76. The second-order valence-electron chi connectivity index (χ2n) is 5.75. The number of amides is 1. The minimum atomic E-state index is -0.586. The number of nitrogens with zero attached hydrogens (tertiary/aromatic N) is 2. The monoisotopic (exact) mass is 515 g/mol. The zero-order valence-corrected chi connectivity index (χ0v) is 18.0. The van der Waals surface area contributed by atoms with Crippen LogP contribution in [0.5, 0.6) is 11.5 Å². The van der Waals surface area contributed by atoms with Gasteiger partial charge >= 0.3 is 0 Å². The van der Waals surface area contributed by atoms with E-state index >= 15 is 4.39 Å². The Kier molecular flexibility index (Phi) is 6.29. The van der Waals surface area contributed by atoms with Crippen molar-refractivity contribution in [2.24, 2.45) is 10.1 Å². The molecule has 1 N–H and O–H groups in total. The van der Waals surface area contributed by atoms with Gasteiger partial charge in [-0.05, 0) is 36.8 Å². The van der Waals surface area contributed by atoms with Crippen LogP contribution in [0.1, 0.15) is 12.5 Å². The molecule has 0 saturated carbocycles. The number of aliphatic imine (C=N–C) groups is 1. The quantitative estimate of drug-likeness (QED) is 0.600. The number of carbonyl (C=O) groups is 1. The Morgan fingerprint density at radius 1 is 1.26 bits per heavy atom. The van der Waals surface area contributed by atoms with E-state index in [-0.39, 0.29) is 29.6 Å². The standard InChI is InChI=1S/C18H13Br2ClFN3O2/c1-9-18(26)25-24-13(8-23-9)4-10-2-3-15(21)17(16(10)22)27-14-6-11(19)5-12(20)7-14/h2-3,5-7H,4,8H2,1H3,(H,25,26). The fraction of sp³-hybridized carbons (Fsp3) is 0.167. The molecule has 9 heteroatoms. The molecule has 0 aliphatic carbocycles. The van der Waals surface area contributed by atoms with Gasteiger partial charge in [-0.15, -0.1) is 0 Å². The van der Waals surface area contributed by atoms with Crippen LogP contribution in [0.4, 0.5) is 4.39 Å². The number of hydrogen-bond acceptors (Lipinski definition) is 4. The molecule has 0 fully saturated rings. The highest BCUT2D eigenvalue weighted by atomic mass is 79.9. The van der Waals surface area contributed by atoms with Gasteiger partial charge in [0.1, 0.15) is 5.75 Å². The molecule has 0 bridgehead atoms. The van der Waals surface area contributed by atoms with Crippen molar-refractivity contribution in [3.63, 3.8) is 0 Å². The number of carbonyl (C=O) groups excluding carboxylic acids is 1. The first-order valence-electron chi connectivity index (χ1n) is 7.81. The summed E-state index contributed by atoms with van der Waals surface area (Å²) in [7, 11) is 0. The van der Waals surface area contributed by atoms with Crippen LogP contribution in [0, 0.1) is 5.82 Å². The SMILES string of the molecule is CC1=NCC(Cc2ccc(Cl)c(Oc3cc(Br)cc(Br)c3)c2F)=NNC1=O. The van der Waals surface area contributed by atoms with Gasteiger partial charge in [0.05, 0.1) is 23.0 Å². The summed E-state index contributed by atoms with van der Waals surface area (Å²) in [4.78, 5) is 15.7. The third-order valence-corrected chi connectivity index (χ3v) is 4.94. The lowest BCUT2D eigenvalue weighted by atomic mass is 10.1. The molecule has 1 heterocycles. The number of nitrogens with one attached hydrogen (secondary N) is 1. The van der Waals surface area contributed by atoms with Crippen LogP contribution >= 0.6 is 43.5 Å². The van der Waals surface area contributed by atoms with E-state index < -0.39 is 5.82 Å². The Hall–Kier alpha value is -1.77. The molecule has 0 aromatic heterocycles. The topological polar surface area (TPSA) is 63.1 Å². The molecule has 0 unspecified atom stereocenters. The molecule has 5 nitrogen and oxygen atoms in total. The molecule has 0 spiro atoms. The Labute approximate surface area is 176 Å². The van der Waals surface area contributed by atoms with E-state index in [9.17, 15) is 4.79 Å². The van der Waals surface area contributed by atoms with Gasteiger partial charge in [-0.25, -0.2) is 9.82 Å². The molecule has 0 atom stereocenters. The summed E-state index contributed by atoms with van der Waals surface area (Å²) in [6, 6.07) is 8.37. The zero-order chi connectivity index (χ0) is 19.6. The highest BCUT2D eigenvalue weighted by Crippen LogP contribution is 2.36. The lowest BCUT2D eigenvalue weighted by Gasteiger charge is -2.13. The van der Waals surface area contributed by atoms with Crippen molar-refractivity contribution in [1.82, 2.24) is 5.43 Å². The second kappa shape index (κ2) is 8.50. The molecular weight excluding hydrogens is 504 g/mol. The van der Waals surface area contributed by atoms with Crippen molar-refractivity contribution in [3.8, 4) is 11.5 Å². The Bertz CT molecular complexity index is 959. The van der Waals surface area contributed by atoms with E-state index in [1.165, 1.54) is 0 Å². The van der Waals surface area contributed by atoms with E-state index in [1.54, 1.807) is 31.2 Å². The summed E-state index contributed by atoms with van der Waals surface area (Å²) in [5.74, 6) is -0.603. The highest BCUT2D eigenvalue weighted by molar-refractivity contribution is 9.11. The third kappa shape index (κ3) is 4.94. The van der Waals surface area contributed by atoms with Gasteiger partial charge in [-0.3, -0.25) is 9.79 Å². The lowest BCUT2D eigenvalue weighted by Crippen LogP contribution is -2.24. The summed E-state index contributed by atoms with van der Waals surface area (Å²) in [6.45, 7) is 1.81. The predicted molar refractivity (Wildman–Crippen MR) is 111 cm³/mol. The molecule has 0 saturated heterocycles. The summed E-state index contributed by atoms with van der Waals surface area (Å²) >= 11 is 12.9. The van der Waals surface area contributed by atoms with Crippen molar-refractivity contribution in [3.05, 3.63) is 55.7 Å².